The second-order valence-electron chi connectivity index (χ2n) is 5.47. The summed E-state index contributed by atoms with van der Waals surface area (Å²) in [5.41, 5.74) is 0.915. The van der Waals surface area contributed by atoms with Crippen LogP contribution in [0.5, 0.6) is 0 Å². The Morgan fingerprint density at radius 3 is 2.89 bits per heavy atom. The molecule has 0 spiro atoms. The number of carbonyl (C=O) groups is 2. The molecular weight excluding hydrogens is 406 g/mol. The molecule has 1 fully saturated rings. The number of hydrogen-bond donors (Lipinski definition) is 0. The van der Waals surface area contributed by atoms with Crippen LogP contribution in [-0.4, -0.2) is 34.8 Å². The fourth-order valence-corrected chi connectivity index (χ4v) is 3.92. The highest BCUT2D eigenvalue weighted by Gasteiger charge is 2.31. The van der Waals surface area contributed by atoms with E-state index in [0.29, 0.717) is 43.4 Å². The topological polar surface area (TPSA) is 59.8 Å². The van der Waals surface area contributed by atoms with Crippen LogP contribution in [0.4, 0.5) is 0 Å². The summed E-state index contributed by atoms with van der Waals surface area (Å²) in [5, 5.41) is 0.431. The maximum atomic E-state index is 12.4. The summed E-state index contributed by atoms with van der Waals surface area (Å²) < 4.78 is 11.0. The first kappa shape index (κ1) is 19.4. The molecule has 0 unspecified atom stereocenters. The van der Waals surface area contributed by atoms with Crippen LogP contribution in [0.3, 0.4) is 0 Å². The Labute approximate surface area is 170 Å². The number of rotatable bonds is 5. The zero-order valence-corrected chi connectivity index (χ0v) is 16.6. The minimum Gasteiger partial charge on any atom is -0.465 e. The van der Waals surface area contributed by atoms with Gasteiger partial charge in [-0.15, -0.1) is 6.58 Å². The van der Waals surface area contributed by atoms with Crippen LogP contribution in [0, 0.1) is 0 Å². The number of halogens is 1. The van der Waals surface area contributed by atoms with Gasteiger partial charge < -0.3 is 9.15 Å². The highest BCUT2D eigenvalue weighted by Crippen LogP contribution is 2.35. The van der Waals surface area contributed by atoms with E-state index in [-0.39, 0.29) is 5.91 Å². The van der Waals surface area contributed by atoms with Crippen molar-refractivity contribution in [2.24, 2.45) is 0 Å². The first-order valence-electron chi connectivity index (χ1n) is 7.79. The molecule has 1 aromatic heterocycles. The molecule has 0 aliphatic carbocycles. The van der Waals surface area contributed by atoms with Gasteiger partial charge in [0.2, 0.25) is 0 Å². The molecule has 0 saturated carbocycles. The highest BCUT2D eigenvalue weighted by atomic mass is 35.5. The van der Waals surface area contributed by atoms with Gasteiger partial charge in [-0.1, -0.05) is 41.7 Å². The van der Waals surface area contributed by atoms with Crippen LogP contribution in [0.2, 0.25) is 5.02 Å². The van der Waals surface area contributed by atoms with Crippen molar-refractivity contribution in [1.29, 1.82) is 0 Å². The molecule has 1 aliphatic rings. The van der Waals surface area contributed by atoms with Crippen molar-refractivity contribution in [3.8, 4) is 11.3 Å². The van der Waals surface area contributed by atoms with Gasteiger partial charge in [-0.25, -0.2) is 4.79 Å². The maximum absolute atomic E-state index is 12.4. The number of methoxy groups -OCH3 is 1. The molecule has 27 heavy (non-hydrogen) atoms. The number of furan rings is 1. The molecule has 0 atom stereocenters. The lowest BCUT2D eigenvalue weighted by molar-refractivity contribution is -0.121. The summed E-state index contributed by atoms with van der Waals surface area (Å²) >= 11 is 12.7. The first-order valence-corrected chi connectivity index (χ1v) is 9.39. The molecule has 0 radical (unpaired) electrons. The Morgan fingerprint density at radius 2 is 2.19 bits per heavy atom. The number of amides is 1. The second-order valence-corrected chi connectivity index (χ2v) is 7.55. The number of esters is 1. The van der Waals surface area contributed by atoms with E-state index in [2.05, 4.69) is 6.58 Å². The molecule has 1 aromatic carbocycles. The van der Waals surface area contributed by atoms with Gasteiger partial charge in [0, 0.05) is 18.2 Å². The first-order chi connectivity index (χ1) is 12.9. The largest absolute Gasteiger partial charge is 0.465 e. The number of carbonyl (C=O) groups excluding carboxylic acids is 2. The van der Waals surface area contributed by atoms with Gasteiger partial charge in [-0.05, 0) is 30.3 Å². The number of nitrogens with zero attached hydrogens (tertiary/aromatic N) is 1. The van der Waals surface area contributed by atoms with Crippen LogP contribution >= 0.6 is 35.6 Å². The third kappa shape index (κ3) is 4.00. The van der Waals surface area contributed by atoms with Gasteiger partial charge in [-0.3, -0.25) is 9.69 Å². The van der Waals surface area contributed by atoms with E-state index < -0.39 is 5.97 Å². The average Bonchev–Trinajstić information content (AvgIpc) is 3.22. The summed E-state index contributed by atoms with van der Waals surface area (Å²) in [5.74, 6) is 0.293. The number of thioether (sulfide) groups is 1. The van der Waals surface area contributed by atoms with Gasteiger partial charge in [0.25, 0.3) is 5.91 Å². The van der Waals surface area contributed by atoms with Gasteiger partial charge in [0.1, 0.15) is 15.8 Å². The standard InChI is InChI=1S/C19H14ClNO4S2/c1-3-8-21-17(22)16(27-19(21)26)10-12-5-7-15(25-12)13-9-11(18(23)24-2)4-6-14(13)20/h3-7,9-10H,1,8H2,2H3/b16-10-. The van der Waals surface area contributed by atoms with Crippen molar-refractivity contribution in [3.05, 3.63) is 64.2 Å². The lowest BCUT2D eigenvalue weighted by atomic mass is 10.1. The molecule has 8 heteroatoms. The Bertz CT molecular complexity index is 980. The lowest BCUT2D eigenvalue weighted by Gasteiger charge is -2.10. The van der Waals surface area contributed by atoms with E-state index in [1.54, 1.807) is 42.5 Å². The van der Waals surface area contributed by atoms with E-state index in [1.165, 1.54) is 23.8 Å². The molecule has 0 N–H and O–H groups in total. The van der Waals surface area contributed by atoms with Gasteiger partial charge >= 0.3 is 5.97 Å². The minimum atomic E-state index is -0.467. The fourth-order valence-electron chi connectivity index (χ4n) is 2.45. The molecule has 138 valence electrons. The Balaban J connectivity index is 1.90. The normalized spacial score (nSPS) is 15.5. The number of benzene rings is 1. The zero-order valence-electron chi connectivity index (χ0n) is 14.2. The van der Waals surface area contributed by atoms with Crippen molar-refractivity contribution in [3.63, 3.8) is 0 Å². The van der Waals surface area contributed by atoms with E-state index in [0.717, 1.165) is 0 Å². The van der Waals surface area contributed by atoms with Crippen LogP contribution in [-0.2, 0) is 9.53 Å². The molecule has 5 nitrogen and oxygen atoms in total. The van der Waals surface area contributed by atoms with Crippen LogP contribution in [0.1, 0.15) is 16.1 Å². The van der Waals surface area contributed by atoms with Crippen molar-refractivity contribution in [2.75, 3.05) is 13.7 Å². The van der Waals surface area contributed by atoms with Crippen LogP contribution < -0.4 is 0 Å². The summed E-state index contributed by atoms with van der Waals surface area (Å²) in [6, 6.07) is 8.22. The van der Waals surface area contributed by atoms with E-state index in [1.807, 2.05) is 0 Å². The number of ether oxygens (including phenoxy) is 1. The van der Waals surface area contributed by atoms with Crippen molar-refractivity contribution < 1.29 is 18.7 Å². The molecule has 0 bridgehead atoms. The van der Waals surface area contributed by atoms with E-state index in [4.69, 9.17) is 33.0 Å². The van der Waals surface area contributed by atoms with Crippen molar-refractivity contribution >= 4 is 57.9 Å². The summed E-state index contributed by atoms with van der Waals surface area (Å²) in [7, 11) is 1.31. The predicted molar refractivity (Wildman–Crippen MR) is 111 cm³/mol. The third-order valence-electron chi connectivity index (χ3n) is 3.74. The lowest BCUT2D eigenvalue weighted by Crippen LogP contribution is -2.27. The zero-order chi connectivity index (χ0) is 19.6. The summed E-state index contributed by atoms with van der Waals surface area (Å²) in [4.78, 5) is 26.0. The third-order valence-corrected chi connectivity index (χ3v) is 5.45. The average molecular weight is 420 g/mol. The van der Waals surface area contributed by atoms with E-state index >= 15 is 0 Å². The molecule has 1 amide bonds. The second kappa shape index (κ2) is 8.12. The molecule has 1 saturated heterocycles. The predicted octanol–water partition coefficient (Wildman–Crippen LogP) is 4.77. The number of thiocarbonyl (C=S) groups is 1. The molecule has 1 aliphatic heterocycles. The van der Waals surface area contributed by atoms with E-state index in [9.17, 15) is 9.59 Å². The summed E-state index contributed by atoms with van der Waals surface area (Å²) in [6.45, 7) is 3.99. The summed E-state index contributed by atoms with van der Waals surface area (Å²) in [6.07, 6.45) is 3.25. The molecular formula is C19H14ClNO4S2. The quantitative estimate of drug-likeness (QED) is 0.301. The Morgan fingerprint density at radius 1 is 1.41 bits per heavy atom. The number of hydrogen-bond acceptors (Lipinski definition) is 6. The monoisotopic (exact) mass is 419 g/mol. The molecule has 2 heterocycles. The van der Waals surface area contributed by atoms with Crippen molar-refractivity contribution in [1.82, 2.24) is 4.90 Å². The van der Waals surface area contributed by atoms with Crippen LogP contribution in [0.15, 0.2) is 52.3 Å². The van der Waals surface area contributed by atoms with Gasteiger partial charge in [0.15, 0.2) is 0 Å². The smallest absolute Gasteiger partial charge is 0.337 e. The minimum absolute atomic E-state index is 0.187. The van der Waals surface area contributed by atoms with Crippen molar-refractivity contribution in [2.45, 2.75) is 0 Å². The van der Waals surface area contributed by atoms with Gasteiger partial charge in [-0.2, -0.15) is 0 Å². The highest BCUT2D eigenvalue weighted by molar-refractivity contribution is 8.26. The maximum Gasteiger partial charge on any atom is 0.337 e. The SMILES string of the molecule is C=CCN1C(=O)/C(=C/c2ccc(-c3cc(C(=O)OC)ccc3Cl)o2)SC1=S. The van der Waals surface area contributed by atoms with Gasteiger partial charge in [0.05, 0.1) is 22.6 Å². The molecule has 3 rings (SSSR count). The van der Waals surface area contributed by atoms with Crippen LogP contribution in [0.25, 0.3) is 17.4 Å². The Hall–Kier alpha value is -2.35. The Kier molecular flexibility index (Phi) is 5.84. The molecule has 2 aromatic rings. The fraction of sp³-hybridized carbons (Fsp3) is 0.105.